The molecule has 0 heterocycles. The van der Waals surface area contributed by atoms with Gasteiger partial charge in [-0.1, -0.05) is 0 Å². The fraction of sp³-hybridized carbons (Fsp3) is 0.846. The summed E-state index contributed by atoms with van der Waals surface area (Å²) in [4.78, 5) is 24.2. The second kappa shape index (κ2) is 7.99. The zero-order valence-electron chi connectivity index (χ0n) is 11.5. The Hall–Kier alpha value is -1.30. The van der Waals surface area contributed by atoms with Crippen LogP contribution in [0.2, 0.25) is 0 Å². The maximum Gasteiger partial charge on any atom is 0.317 e. The minimum atomic E-state index is -0.872. The highest BCUT2D eigenvalue weighted by atomic mass is 16.4. The van der Waals surface area contributed by atoms with Gasteiger partial charge >= 0.3 is 12.0 Å². The molecule has 1 unspecified atom stereocenters. The van der Waals surface area contributed by atoms with Gasteiger partial charge in [-0.15, -0.1) is 0 Å². The first-order chi connectivity index (χ1) is 9.04. The largest absolute Gasteiger partial charge is 0.481 e. The Labute approximate surface area is 113 Å². The molecule has 0 saturated heterocycles. The Balaban J connectivity index is 2.28. The highest BCUT2D eigenvalue weighted by molar-refractivity contribution is 5.75. The number of aliphatic carboxylic acids is 1. The molecule has 0 bridgehead atoms. The molecule has 1 atom stereocenters. The first-order valence-electron chi connectivity index (χ1n) is 6.89. The molecular formula is C13H24N2O4. The van der Waals surface area contributed by atoms with Crippen LogP contribution >= 0.6 is 0 Å². The Kier molecular flexibility index (Phi) is 6.62. The molecule has 2 amide bonds. The lowest BCUT2D eigenvalue weighted by molar-refractivity contribution is -0.137. The van der Waals surface area contributed by atoms with E-state index in [1.807, 2.05) is 0 Å². The van der Waals surface area contributed by atoms with E-state index < -0.39 is 5.97 Å². The van der Waals surface area contributed by atoms with E-state index in [0.29, 0.717) is 12.5 Å². The fourth-order valence-electron chi connectivity index (χ4n) is 2.03. The topological polar surface area (TPSA) is 89.9 Å². The summed E-state index contributed by atoms with van der Waals surface area (Å²) in [5, 5.41) is 20.3. The average Bonchev–Trinajstić information content (AvgIpc) is 3.17. The predicted molar refractivity (Wildman–Crippen MR) is 70.9 cm³/mol. The first kappa shape index (κ1) is 15.8. The van der Waals surface area contributed by atoms with Gasteiger partial charge in [0.2, 0.25) is 0 Å². The zero-order valence-corrected chi connectivity index (χ0v) is 11.5. The number of amides is 2. The number of carboxylic acids is 1. The number of nitrogens with one attached hydrogen (secondary N) is 1. The molecule has 0 aromatic carbocycles. The lowest BCUT2D eigenvalue weighted by atomic mass is 10.1. The van der Waals surface area contributed by atoms with Gasteiger partial charge in [-0.2, -0.15) is 0 Å². The number of urea groups is 1. The summed E-state index contributed by atoms with van der Waals surface area (Å²) in [6, 6.07) is -0.452. The van der Waals surface area contributed by atoms with Crippen molar-refractivity contribution >= 4 is 12.0 Å². The molecule has 0 spiro atoms. The van der Waals surface area contributed by atoms with Gasteiger partial charge in [-0.05, 0) is 38.0 Å². The Bertz CT molecular complexity index is 305. The monoisotopic (exact) mass is 272 g/mol. The third-order valence-electron chi connectivity index (χ3n) is 3.39. The van der Waals surface area contributed by atoms with E-state index in [0.717, 1.165) is 32.1 Å². The van der Waals surface area contributed by atoms with E-state index in [1.165, 1.54) is 0 Å². The third-order valence-corrected chi connectivity index (χ3v) is 3.39. The molecule has 3 N–H and O–H groups in total. The fourth-order valence-corrected chi connectivity index (χ4v) is 2.03. The highest BCUT2D eigenvalue weighted by Gasteiger charge is 2.34. The highest BCUT2D eigenvalue weighted by Crippen LogP contribution is 2.34. The van der Waals surface area contributed by atoms with E-state index in [-0.39, 0.29) is 25.1 Å². The van der Waals surface area contributed by atoms with Crippen molar-refractivity contribution in [1.29, 1.82) is 0 Å². The Morgan fingerprint density at radius 3 is 2.53 bits per heavy atom. The van der Waals surface area contributed by atoms with Crippen LogP contribution in [0.25, 0.3) is 0 Å². The molecule has 6 nitrogen and oxygen atoms in total. The standard InChI is InChI=1S/C13H24N2O4/c1-15(7-3-2-4-8-16)13(19)14-11(9-12(17)18)10-5-6-10/h10-11,16H,2-9H2,1H3,(H,14,19)(H,17,18). The molecule has 1 saturated carbocycles. The van der Waals surface area contributed by atoms with Crippen molar-refractivity contribution in [2.45, 2.75) is 44.6 Å². The SMILES string of the molecule is CN(CCCCCO)C(=O)NC(CC(=O)O)C1CC1. The maximum atomic E-state index is 11.9. The predicted octanol–water partition coefficient (Wildman–Crippen LogP) is 1.04. The van der Waals surface area contributed by atoms with E-state index in [1.54, 1.807) is 11.9 Å². The molecule has 19 heavy (non-hydrogen) atoms. The number of carboxylic acid groups (broad SMARTS) is 1. The number of nitrogens with zero attached hydrogens (tertiary/aromatic N) is 1. The van der Waals surface area contributed by atoms with Gasteiger partial charge in [-0.25, -0.2) is 4.79 Å². The second-order valence-corrected chi connectivity index (χ2v) is 5.20. The summed E-state index contributed by atoms with van der Waals surface area (Å²) >= 11 is 0. The molecule has 0 aromatic rings. The summed E-state index contributed by atoms with van der Waals surface area (Å²) in [6.45, 7) is 0.800. The van der Waals surface area contributed by atoms with Gasteiger partial charge in [0, 0.05) is 26.2 Å². The molecule has 6 heteroatoms. The summed E-state index contributed by atoms with van der Waals surface area (Å²) in [5.41, 5.74) is 0. The van der Waals surface area contributed by atoms with Crippen LogP contribution in [0.15, 0.2) is 0 Å². The van der Waals surface area contributed by atoms with E-state index in [9.17, 15) is 9.59 Å². The van der Waals surface area contributed by atoms with Crippen molar-refractivity contribution in [3.8, 4) is 0 Å². The van der Waals surface area contributed by atoms with E-state index >= 15 is 0 Å². The number of hydrogen-bond acceptors (Lipinski definition) is 3. The normalized spacial score (nSPS) is 15.9. The molecule has 0 aromatic heterocycles. The Morgan fingerprint density at radius 1 is 1.32 bits per heavy atom. The van der Waals surface area contributed by atoms with Gasteiger partial charge in [0.1, 0.15) is 0 Å². The molecule has 0 aliphatic heterocycles. The Morgan fingerprint density at radius 2 is 2.00 bits per heavy atom. The van der Waals surface area contributed by atoms with Crippen molar-refractivity contribution in [2.24, 2.45) is 5.92 Å². The van der Waals surface area contributed by atoms with Crippen molar-refractivity contribution in [1.82, 2.24) is 10.2 Å². The van der Waals surface area contributed by atoms with Crippen LogP contribution in [0, 0.1) is 5.92 Å². The number of rotatable bonds is 9. The smallest absolute Gasteiger partial charge is 0.317 e. The van der Waals surface area contributed by atoms with E-state index in [4.69, 9.17) is 10.2 Å². The number of hydrogen-bond donors (Lipinski definition) is 3. The summed E-state index contributed by atoms with van der Waals surface area (Å²) in [7, 11) is 1.71. The first-order valence-corrected chi connectivity index (χ1v) is 6.89. The maximum absolute atomic E-state index is 11.9. The number of carbonyl (C=O) groups is 2. The molecular weight excluding hydrogens is 248 g/mol. The molecule has 1 rings (SSSR count). The lowest BCUT2D eigenvalue weighted by Gasteiger charge is -2.22. The second-order valence-electron chi connectivity index (χ2n) is 5.20. The van der Waals surface area contributed by atoms with Crippen molar-refractivity contribution < 1.29 is 19.8 Å². The van der Waals surface area contributed by atoms with Crippen molar-refractivity contribution in [3.05, 3.63) is 0 Å². The van der Waals surface area contributed by atoms with Crippen LogP contribution in [0.1, 0.15) is 38.5 Å². The molecule has 1 aliphatic carbocycles. The molecule has 0 radical (unpaired) electrons. The van der Waals surface area contributed by atoms with Crippen LogP contribution < -0.4 is 5.32 Å². The van der Waals surface area contributed by atoms with Gasteiger partial charge in [0.05, 0.1) is 6.42 Å². The van der Waals surface area contributed by atoms with Crippen LogP contribution in [0.3, 0.4) is 0 Å². The molecule has 110 valence electrons. The quantitative estimate of drug-likeness (QED) is 0.547. The number of aliphatic hydroxyl groups is 1. The van der Waals surface area contributed by atoms with E-state index in [2.05, 4.69) is 5.32 Å². The number of aliphatic hydroxyl groups excluding tert-OH is 1. The lowest BCUT2D eigenvalue weighted by Crippen LogP contribution is -2.45. The van der Waals surface area contributed by atoms with Crippen molar-refractivity contribution in [3.63, 3.8) is 0 Å². The van der Waals surface area contributed by atoms with Crippen LogP contribution in [0.5, 0.6) is 0 Å². The number of carbonyl (C=O) groups excluding carboxylic acids is 1. The van der Waals surface area contributed by atoms with Crippen LogP contribution in [-0.2, 0) is 4.79 Å². The van der Waals surface area contributed by atoms with Gasteiger partial charge in [-0.3, -0.25) is 4.79 Å². The summed E-state index contributed by atoms with van der Waals surface area (Å²) < 4.78 is 0. The minimum Gasteiger partial charge on any atom is -0.481 e. The van der Waals surface area contributed by atoms with Gasteiger partial charge in [0.25, 0.3) is 0 Å². The average molecular weight is 272 g/mol. The summed E-state index contributed by atoms with van der Waals surface area (Å²) in [6.07, 6.45) is 4.47. The van der Waals surface area contributed by atoms with Gasteiger partial charge < -0.3 is 20.4 Å². The molecule has 1 aliphatic rings. The molecule has 1 fully saturated rings. The summed E-state index contributed by atoms with van der Waals surface area (Å²) in [5.74, 6) is -0.550. The third kappa shape index (κ3) is 6.42. The number of unbranched alkanes of at least 4 members (excludes halogenated alkanes) is 2. The zero-order chi connectivity index (χ0) is 14.3. The van der Waals surface area contributed by atoms with Crippen LogP contribution in [0.4, 0.5) is 4.79 Å². The van der Waals surface area contributed by atoms with Crippen LogP contribution in [-0.4, -0.2) is 53.4 Å². The van der Waals surface area contributed by atoms with Crippen molar-refractivity contribution in [2.75, 3.05) is 20.2 Å². The van der Waals surface area contributed by atoms with Gasteiger partial charge in [0.15, 0.2) is 0 Å². The minimum absolute atomic E-state index is 0.00520.